The highest BCUT2D eigenvalue weighted by Crippen LogP contribution is 2.17. The average molecular weight is 357 g/mol. The zero-order valence-corrected chi connectivity index (χ0v) is 14.9. The van der Waals surface area contributed by atoms with E-state index in [1.165, 1.54) is 19.1 Å². The number of aryl methyl sites for hydroxylation is 1. The van der Waals surface area contributed by atoms with E-state index in [4.69, 9.17) is 0 Å². The molecule has 0 aliphatic rings. The van der Waals surface area contributed by atoms with E-state index in [1.807, 2.05) is 35.8 Å². The first kappa shape index (κ1) is 17.3. The third kappa shape index (κ3) is 3.47. The molecule has 3 aromatic rings. The van der Waals surface area contributed by atoms with Crippen LogP contribution >= 0.6 is 0 Å². The quantitative estimate of drug-likeness (QED) is 0.688. The van der Waals surface area contributed by atoms with Crippen LogP contribution in [0.5, 0.6) is 0 Å². The first-order chi connectivity index (χ1) is 11.9. The summed E-state index contributed by atoms with van der Waals surface area (Å²) in [6.45, 7) is 4.16. The molecule has 130 valence electrons. The minimum absolute atomic E-state index is 0.0689. The first-order valence-electron chi connectivity index (χ1n) is 7.97. The van der Waals surface area contributed by atoms with Gasteiger partial charge in [0.05, 0.1) is 22.5 Å². The molecule has 0 amide bonds. The summed E-state index contributed by atoms with van der Waals surface area (Å²) in [4.78, 5) is 16.0. The molecule has 0 atom stereocenters. The van der Waals surface area contributed by atoms with Crippen molar-refractivity contribution in [2.24, 2.45) is 0 Å². The molecule has 0 aliphatic heterocycles. The number of hydrogen-bond acceptors (Lipinski definition) is 4. The van der Waals surface area contributed by atoms with Gasteiger partial charge in [-0.15, -0.1) is 0 Å². The number of carbonyl (C=O) groups excluding carboxylic acids is 1. The summed E-state index contributed by atoms with van der Waals surface area (Å²) in [5.41, 5.74) is 2.17. The summed E-state index contributed by atoms with van der Waals surface area (Å²) in [7, 11) is -3.73. The van der Waals surface area contributed by atoms with Crippen LogP contribution in [0.1, 0.15) is 30.0 Å². The van der Waals surface area contributed by atoms with Gasteiger partial charge in [0.2, 0.25) is 10.0 Å². The Morgan fingerprint density at radius 1 is 1.16 bits per heavy atom. The summed E-state index contributed by atoms with van der Waals surface area (Å²) >= 11 is 0. The predicted molar refractivity (Wildman–Crippen MR) is 95.9 cm³/mol. The van der Waals surface area contributed by atoms with Gasteiger partial charge >= 0.3 is 0 Å². The molecule has 25 heavy (non-hydrogen) atoms. The van der Waals surface area contributed by atoms with Crippen LogP contribution in [0.15, 0.2) is 53.4 Å². The molecule has 0 saturated heterocycles. The lowest BCUT2D eigenvalue weighted by molar-refractivity contribution is 0.101. The highest BCUT2D eigenvalue weighted by molar-refractivity contribution is 7.89. The zero-order chi connectivity index (χ0) is 18.0. The topological polar surface area (TPSA) is 81.1 Å². The molecule has 0 unspecified atom stereocenters. The number of nitrogens with zero attached hydrogens (tertiary/aromatic N) is 2. The standard InChI is InChI=1S/C18H19N3O3S/c1-3-21-17-10-5-4-9-16(17)20-18(21)12-19-25(23,24)15-8-6-7-14(11-15)13(2)22/h4-11,19H,3,12H2,1-2H3. The number of hydrogen-bond donors (Lipinski definition) is 1. The number of Topliss-reactive ketones (excluding diaryl/α,β-unsaturated/α-hetero) is 1. The Labute approximate surface area is 146 Å². The van der Waals surface area contributed by atoms with Crippen molar-refractivity contribution in [1.82, 2.24) is 14.3 Å². The van der Waals surface area contributed by atoms with Gasteiger partial charge in [-0.25, -0.2) is 18.1 Å². The van der Waals surface area contributed by atoms with Crippen molar-refractivity contribution in [2.75, 3.05) is 0 Å². The first-order valence-corrected chi connectivity index (χ1v) is 9.45. The van der Waals surface area contributed by atoms with E-state index < -0.39 is 10.0 Å². The fourth-order valence-electron chi connectivity index (χ4n) is 2.74. The number of benzene rings is 2. The van der Waals surface area contributed by atoms with Crippen LogP contribution in [0.3, 0.4) is 0 Å². The molecule has 0 saturated carbocycles. The maximum absolute atomic E-state index is 12.5. The van der Waals surface area contributed by atoms with Crippen LogP contribution in [0.2, 0.25) is 0 Å². The van der Waals surface area contributed by atoms with Gasteiger partial charge in [0.25, 0.3) is 0 Å². The van der Waals surface area contributed by atoms with Crippen LogP contribution in [-0.4, -0.2) is 23.8 Å². The molecule has 3 rings (SSSR count). The normalized spacial score (nSPS) is 11.8. The Hall–Kier alpha value is -2.51. The molecule has 0 spiro atoms. The lowest BCUT2D eigenvalue weighted by Gasteiger charge is -2.09. The Morgan fingerprint density at radius 2 is 1.92 bits per heavy atom. The molecule has 2 aromatic carbocycles. The molecule has 7 heteroatoms. The molecule has 0 bridgehead atoms. The van der Waals surface area contributed by atoms with Gasteiger partial charge in [0, 0.05) is 12.1 Å². The minimum Gasteiger partial charge on any atom is -0.327 e. The van der Waals surface area contributed by atoms with E-state index >= 15 is 0 Å². The summed E-state index contributed by atoms with van der Waals surface area (Å²) in [6.07, 6.45) is 0. The van der Waals surface area contributed by atoms with Crippen molar-refractivity contribution in [3.8, 4) is 0 Å². The number of rotatable bonds is 6. The van der Waals surface area contributed by atoms with Crippen LogP contribution in [0.25, 0.3) is 11.0 Å². The van der Waals surface area contributed by atoms with Crippen LogP contribution < -0.4 is 4.72 Å². The Kier molecular flexibility index (Phi) is 4.69. The third-order valence-corrected chi connectivity index (χ3v) is 5.42. The van der Waals surface area contributed by atoms with E-state index in [9.17, 15) is 13.2 Å². The maximum atomic E-state index is 12.5. The molecular weight excluding hydrogens is 338 g/mol. The number of ketones is 1. The molecule has 1 N–H and O–H groups in total. The molecular formula is C18H19N3O3S. The summed E-state index contributed by atoms with van der Waals surface area (Å²) in [6, 6.07) is 13.7. The smallest absolute Gasteiger partial charge is 0.240 e. The van der Waals surface area contributed by atoms with E-state index in [0.717, 1.165) is 11.0 Å². The molecule has 1 aromatic heterocycles. The van der Waals surface area contributed by atoms with Gasteiger partial charge in [-0.3, -0.25) is 4.79 Å². The number of para-hydroxylation sites is 2. The van der Waals surface area contributed by atoms with Crippen molar-refractivity contribution >= 4 is 26.8 Å². The third-order valence-electron chi connectivity index (χ3n) is 4.02. The highest BCUT2D eigenvalue weighted by atomic mass is 32.2. The highest BCUT2D eigenvalue weighted by Gasteiger charge is 2.17. The Balaban J connectivity index is 1.88. The zero-order valence-electron chi connectivity index (χ0n) is 14.1. The number of carbonyl (C=O) groups is 1. The van der Waals surface area contributed by atoms with Crippen molar-refractivity contribution in [1.29, 1.82) is 0 Å². The molecule has 6 nitrogen and oxygen atoms in total. The molecule has 0 aliphatic carbocycles. The van der Waals surface area contributed by atoms with Gasteiger partial charge < -0.3 is 4.57 Å². The average Bonchev–Trinajstić information content (AvgIpc) is 2.97. The number of nitrogens with one attached hydrogen (secondary N) is 1. The largest absolute Gasteiger partial charge is 0.327 e. The van der Waals surface area contributed by atoms with Crippen LogP contribution in [0.4, 0.5) is 0 Å². The molecule has 1 heterocycles. The fourth-order valence-corrected chi connectivity index (χ4v) is 3.76. The van der Waals surface area contributed by atoms with E-state index in [1.54, 1.807) is 12.1 Å². The second-order valence-electron chi connectivity index (χ2n) is 5.67. The van der Waals surface area contributed by atoms with Gasteiger partial charge in [0.1, 0.15) is 5.82 Å². The monoisotopic (exact) mass is 357 g/mol. The van der Waals surface area contributed by atoms with Gasteiger partial charge in [0.15, 0.2) is 5.78 Å². The van der Waals surface area contributed by atoms with Crippen LogP contribution in [0, 0.1) is 0 Å². The lowest BCUT2D eigenvalue weighted by atomic mass is 10.2. The summed E-state index contributed by atoms with van der Waals surface area (Å²) in [5.74, 6) is 0.472. The number of fused-ring (bicyclic) bond motifs is 1. The van der Waals surface area contributed by atoms with Crippen molar-refractivity contribution < 1.29 is 13.2 Å². The van der Waals surface area contributed by atoms with Gasteiger partial charge in [-0.1, -0.05) is 24.3 Å². The Bertz CT molecular complexity index is 1040. The second-order valence-corrected chi connectivity index (χ2v) is 7.44. The number of sulfonamides is 1. The Morgan fingerprint density at radius 3 is 2.64 bits per heavy atom. The minimum atomic E-state index is -3.73. The summed E-state index contributed by atoms with van der Waals surface area (Å²) < 4.78 is 29.6. The molecule has 0 radical (unpaired) electrons. The SMILES string of the molecule is CCn1c(CNS(=O)(=O)c2cccc(C(C)=O)c2)nc2ccccc21. The van der Waals surface area contributed by atoms with Crippen LogP contribution in [-0.2, 0) is 23.1 Å². The van der Waals surface area contributed by atoms with Gasteiger partial charge in [-0.05, 0) is 38.1 Å². The van der Waals surface area contributed by atoms with Crippen molar-refractivity contribution in [3.05, 3.63) is 59.9 Å². The van der Waals surface area contributed by atoms with E-state index in [-0.39, 0.29) is 17.2 Å². The number of imidazole rings is 1. The predicted octanol–water partition coefficient (Wildman–Crippen LogP) is 2.74. The number of aromatic nitrogens is 2. The lowest BCUT2D eigenvalue weighted by Crippen LogP contribution is -2.25. The van der Waals surface area contributed by atoms with Gasteiger partial charge in [-0.2, -0.15) is 0 Å². The van der Waals surface area contributed by atoms with Crippen molar-refractivity contribution in [2.45, 2.75) is 31.8 Å². The fraction of sp³-hybridized carbons (Fsp3) is 0.222. The van der Waals surface area contributed by atoms with E-state index in [2.05, 4.69) is 9.71 Å². The maximum Gasteiger partial charge on any atom is 0.240 e. The second kappa shape index (κ2) is 6.78. The molecule has 0 fully saturated rings. The van der Waals surface area contributed by atoms with Crippen molar-refractivity contribution in [3.63, 3.8) is 0 Å². The van der Waals surface area contributed by atoms with E-state index in [0.29, 0.717) is 17.9 Å². The summed E-state index contributed by atoms with van der Waals surface area (Å²) in [5, 5.41) is 0.